The second-order valence-electron chi connectivity index (χ2n) is 4.48. The molecule has 0 spiro atoms. The number of nitrogens with one attached hydrogen (secondary N) is 1. The number of methoxy groups -OCH3 is 1. The molecule has 1 atom stereocenters. The van der Waals surface area contributed by atoms with Crippen LogP contribution in [0.4, 0.5) is 10.1 Å². The second kappa shape index (κ2) is 6.34. The molecule has 0 saturated heterocycles. The third-order valence-electron chi connectivity index (χ3n) is 3.06. The van der Waals surface area contributed by atoms with Crippen LogP contribution in [0, 0.1) is 5.82 Å². The van der Waals surface area contributed by atoms with Crippen molar-refractivity contribution in [3.8, 4) is 0 Å². The number of hydrogen-bond donors (Lipinski definition) is 1. The Hall–Kier alpha value is -1.87. The van der Waals surface area contributed by atoms with Gasteiger partial charge in [-0.3, -0.25) is 0 Å². The van der Waals surface area contributed by atoms with Gasteiger partial charge in [0.2, 0.25) is 0 Å². The van der Waals surface area contributed by atoms with Gasteiger partial charge in [0.25, 0.3) is 0 Å². The molecule has 0 heterocycles. The molecular formula is C16H18FNO. The van der Waals surface area contributed by atoms with E-state index in [2.05, 4.69) is 5.32 Å². The standard InChI is InChI=1S/C16H18FNO/c1-12(14-8-4-5-9-15(14)17)18-16-10-6-3-7-13(16)11-19-2/h3-10,12,18H,11H2,1-2H3. The van der Waals surface area contributed by atoms with E-state index in [1.807, 2.05) is 37.3 Å². The van der Waals surface area contributed by atoms with Crippen LogP contribution in [-0.4, -0.2) is 7.11 Å². The van der Waals surface area contributed by atoms with E-state index >= 15 is 0 Å². The van der Waals surface area contributed by atoms with Gasteiger partial charge in [-0.05, 0) is 19.1 Å². The molecule has 1 unspecified atom stereocenters. The van der Waals surface area contributed by atoms with Gasteiger partial charge in [0.05, 0.1) is 12.6 Å². The smallest absolute Gasteiger partial charge is 0.128 e. The van der Waals surface area contributed by atoms with Crippen molar-refractivity contribution >= 4 is 5.69 Å². The Morgan fingerprint density at radius 3 is 2.53 bits per heavy atom. The number of benzene rings is 2. The quantitative estimate of drug-likeness (QED) is 0.871. The van der Waals surface area contributed by atoms with Gasteiger partial charge in [0.1, 0.15) is 5.82 Å². The van der Waals surface area contributed by atoms with Crippen molar-refractivity contribution in [2.24, 2.45) is 0 Å². The maximum atomic E-state index is 13.7. The van der Waals surface area contributed by atoms with Crippen LogP contribution >= 0.6 is 0 Å². The van der Waals surface area contributed by atoms with Gasteiger partial charge in [0, 0.05) is 23.9 Å². The molecule has 0 aliphatic heterocycles. The van der Waals surface area contributed by atoms with Crippen molar-refractivity contribution in [1.29, 1.82) is 0 Å². The van der Waals surface area contributed by atoms with Crippen LogP contribution < -0.4 is 5.32 Å². The molecule has 0 radical (unpaired) electrons. The molecule has 0 amide bonds. The normalized spacial score (nSPS) is 12.2. The Morgan fingerprint density at radius 2 is 1.79 bits per heavy atom. The first-order chi connectivity index (χ1) is 9.22. The fraction of sp³-hybridized carbons (Fsp3) is 0.250. The van der Waals surface area contributed by atoms with Gasteiger partial charge in [0.15, 0.2) is 0 Å². The lowest BCUT2D eigenvalue weighted by Gasteiger charge is -2.18. The molecule has 1 N–H and O–H groups in total. The zero-order valence-electron chi connectivity index (χ0n) is 11.2. The summed E-state index contributed by atoms with van der Waals surface area (Å²) in [6.45, 7) is 2.48. The van der Waals surface area contributed by atoms with E-state index in [1.54, 1.807) is 19.2 Å². The van der Waals surface area contributed by atoms with Crippen LogP contribution in [0.1, 0.15) is 24.1 Å². The molecule has 2 rings (SSSR count). The third-order valence-corrected chi connectivity index (χ3v) is 3.06. The predicted octanol–water partition coefficient (Wildman–Crippen LogP) is 4.15. The number of hydrogen-bond acceptors (Lipinski definition) is 2. The van der Waals surface area contributed by atoms with E-state index in [4.69, 9.17) is 4.74 Å². The Morgan fingerprint density at radius 1 is 1.11 bits per heavy atom. The van der Waals surface area contributed by atoms with Crippen LogP contribution in [0.15, 0.2) is 48.5 Å². The highest BCUT2D eigenvalue weighted by atomic mass is 19.1. The van der Waals surface area contributed by atoms with Crippen molar-refractivity contribution in [3.05, 3.63) is 65.5 Å². The largest absolute Gasteiger partial charge is 0.380 e. The molecule has 2 aromatic carbocycles. The number of halogens is 1. The van der Waals surface area contributed by atoms with Gasteiger partial charge in [-0.2, -0.15) is 0 Å². The topological polar surface area (TPSA) is 21.3 Å². The van der Waals surface area contributed by atoms with Crippen LogP contribution in [0.25, 0.3) is 0 Å². The molecular weight excluding hydrogens is 241 g/mol. The van der Waals surface area contributed by atoms with Crippen LogP contribution in [0.2, 0.25) is 0 Å². The summed E-state index contributed by atoms with van der Waals surface area (Å²) in [6, 6.07) is 14.6. The second-order valence-corrected chi connectivity index (χ2v) is 4.48. The molecule has 0 saturated carbocycles. The Balaban J connectivity index is 2.19. The Bertz CT molecular complexity index is 542. The van der Waals surface area contributed by atoms with E-state index in [1.165, 1.54) is 6.07 Å². The van der Waals surface area contributed by atoms with E-state index in [9.17, 15) is 4.39 Å². The lowest BCUT2D eigenvalue weighted by atomic mass is 10.1. The molecule has 2 aromatic rings. The maximum Gasteiger partial charge on any atom is 0.128 e. The Kier molecular flexibility index (Phi) is 4.53. The summed E-state index contributed by atoms with van der Waals surface area (Å²) in [6.07, 6.45) is 0. The van der Waals surface area contributed by atoms with Crippen LogP contribution in [0.5, 0.6) is 0 Å². The fourth-order valence-electron chi connectivity index (χ4n) is 2.08. The first-order valence-corrected chi connectivity index (χ1v) is 6.30. The molecule has 3 heteroatoms. The highest BCUT2D eigenvalue weighted by Gasteiger charge is 2.11. The van der Waals surface area contributed by atoms with Gasteiger partial charge < -0.3 is 10.1 Å². The first-order valence-electron chi connectivity index (χ1n) is 6.30. The van der Waals surface area contributed by atoms with Crippen LogP contribution in [-0.2, 0) is 11.3 Å². The molecule has 0 aromatic heterocycles. The molecule has 100 valence electrons. The first kappa shape index (κ1) is 13.6. The summed E-state index contributed by atoms with van der Waals surface area (Å²) in [5.41, 5.74) is 2.70. The summed E-state index contributed by atoms with van der Waals surface area (Å²) in [5.74, 6) is -0.188. The zero-order chi connectivity index (χ0) is 13.7. The SMILES string of the molecule is COCc1ccccc1NC(C)c1ccccc1F. The predicted molar refractivity (Wildman–Crippen MR) is 75.6 cm³/mol. The number of anilines is 1. The average Bonchev–Trinajstić information content (AvgIpc) is 2.41. The van der Waals surface area contributed by atoms with E-state index < -0.39 is 0 Å². The van der Waals surface area contributed by atoms with Crippen molar-refractivity contribution in [2.75, 3.05) is 12.4 Å². The maximum absolute atomic E-state index is 13.7. The van der Waals surface area contributed by atoms with Crippen molar-refractivity contribution in [3.63, 3.8) is 0 Å². The third kappa shape index (κ3) is 3.32. The summed E-state index contributed by atoms with van der Waals surface area (Å²) < 4.78 is 18.9. The molecule has 2 nitrogen and oxygen atoms in total. The van der Waals surface area contributed by atoms with Crippen molar-refractivity contribution < 1.29 is 9.13 Å². The minimum atomic E-state index is -0.188. The van der Waals surface area contributed by atoms with E-state index in [0.29, 0.717) is 12.2 Å². The molecule has 0 fully saturated rings. The minimum Gasteiger partial charge on any atom is -0.380 e. The van der Waals surface area contributed by atoms with Gasteiger partial charge in [-0.1, -0.05) is 36.4 Å². The number of ether oxygens (including phenoxy) is 1. The minimum absolute atomic E-state index is 0.0980. The average molecular weight is 259 g/mol. The van der Waals surface area contributed by atoms with Gasteiger partial charge in [-0.25, -0.2) is 4.39 Å². The highest BCUT2D eigenvalue weighted by molar-refractivity contribution is 5.52. The van der Waals surface area contributed by atoms with Crippen molar-refractivity contribution in [1.82, 2.24) is 0 Å². The molecule has 0 aliphatic carbocycles. The van der Waals surface area contributed by atoms with Gasteiger partial charge >= 0.3 is 0 Å². The fourth-order valence-corrected chi connectivity index (χ4v) is 2.08. The molecule has 19 heavy (non-hydrogen) atoms. The number of rotatable bonds is 5. The van der Waals surface area contributed by atoms with E-state index in [-0.39, 0.29) is 11.9 Å². The van der Waals surface area contributed by atoms with Crippen LogP contribution in [0.3, 0.4) is 0 Å². The zero-order valence-corrected chi connectivity index (χ0v) is 11.2. The van der Waals surface area contributed by atoms with Gasteiger partial charge in [-0.15, -0.1) is 0 Å². The summed E-state index contributed by atoms with van der Waals surface area (Å²) in [7, 11) is 1.66. The monoisotopic (exact) mass is 259 g/mol. The molecule has 0 aliphatic rings. The summed E-state index contributed by atoms with van der Waals surface area (Å²) in [5, 5.41) is 3.33. The lowest BCUT2D eigenvalue weighted by molar-refractivity contribution is 0.185. The molecule has 0 bridgehead atoms. The summed E-state index contributed by atoms with van der Waals surface area (Å²) >= 11 is 0. The Labute approximate surface area is 113 Å². The summed E-state index contributed by atoms with van der Waals surface area (Å²) in [4.78, 5) is 0. The highest BCUT2D eigenvalue weighted by Crippen LogP contribution is 2.24. The van der Waals surface area contributed by atoms with Crippen molar-refractivity contribution in [2.45, 2.75) is 19.6 Å². The number of para-hydroxylation sites is 1. The van der Waals surface area contributed by atoms with E-state index in [0.717, 1.165) is 11.3 Å². The lowest BCUT2D eigenvalue weighted by Crippen LogP contribution is -2.10.